The number of benzene rings is 1. The molecule has 6 heteroatoms. The molecule has 2 aliphatic rings. The van der Waals surface area contributed by atoms with E-state index in [1.807, 2.05) is 23.1 Å². The molecule has 2 fully saturated rings. The average molecular weight is 306 g/mol. The third-order valence-corrected chi connectivity index (χ3v) is 5.10. The molecule has 0 spiro atoms. The Kier molecular flexibility index (Phi) is 3.57. The summed E-state index contributed by atoms with van der Waals surface area (Å²) in [5, 5.41) is 2.83. The van der Waals surface area contributed by atoms with Gasteiger partial charge in [-0.1, -0.05) is 18.2 Å². The molecule has 5 nitrogen and oxygen atoms in total. The van der Waals surface area contributed by atoms with Crippen LogP contribution in [0.3, 0.4) is 0 Å². The number of ether oxygens (including phenoxy) is 1. The molecular formula is C15H18N2O3S. The lowest BCUT2D eigenvalue weighted by Gasteiger charge is -2.41. The van der Waals surface area contributed by atoms with Crippen molar-refractivity contribution < 1.29 is 14.3 Å². The summed E-state index contributed by atoms with van der Waals surface area (Å²) in [6.45, 7) is 4.89. The van der Waals surface area contributed by atoms with Gasteiger partial charge in [0.2, 0.25) is 5.91 Å². The van der Waals surface area contributed by atoms with Gasteiger partial charge in [-0.25, -0.2) is 0 Å². The minimum atomic E-state index is -0.413. The highest BCUT2D eigenvalue weighted by atomic mass is 32.2. The number of hydrogen-bond donors (Lipinski definition) is 1. The van der Waals surface area contributed by atoms with E-state index in [-0.39, 0.29) is 28.5 Å². The zero-order valence-corrected chi connectivity index (χ0v) is 12.9. The van der Waals surface area contributed by atoms with Crippen LogP contribution in [0.1, 0.15) is 13.8 Å². The van der Waals surface area contributed by atoms with Crippen molar-refractivity contribution in [3.05, 3.63) is 30.3 Å². The van der Waals surface area contributed by atoms with Gasteiger partial charge in [0, 0.05) is 11.3 Å². The molecule has 2 heterocycles. The van der Waals surface area contributed by atoms with Crippen molar-refractivity contribution in [1.82, 2.24) is 10.2 Å². The van der Waals surface area contributed by atoms with Crippen molar-refractivity contribution in [2.75, 3.05) is 13.2 Å². The summed E-state index contributed by atoms with van der Waals surface area (Å²) in [6.07, 6.45) is 0. The van der Waals surface area contributed by atoms with Crippen LogP contribution >= 0.6 is 11.8 Å². The van der Waals surface area contributed by atoms with E-state index in [9.17, 15) is 9.59 Å². The maximum absolute atomic E-state index is 12.0. The number of amides is 2. The summed E-state index contributed by atoms with van der Waals surface area (Å²) in [5.74, 6) is 0.388. The van der Waals surface area contributed by atoms with E-state index in [1.54, 1.807) is 23.9 Å². The molecule has 21 heavy (non-hydrogen) atoms. The van der Waals surface area contributed by atoms with Gasteiger partial charge >= 0.3 is 0 Å². The molecule has 0 aromatic heterocycles. The van der Waals surface area contributed by atoms with Crippen molar-refractivity contribution >= 4 is 23.6 Å². The zero-order chi connectivity index (χ0) is 15.0. The third kappa shape index (κ3) is 2.85. The van der Waals surface area contributed by atoms with E-state index in [0.29, 0.717) is 5.75 Å². The molecule has 3 rings (SSSR count). The van der Waals surface area contributed by atoms with Crippen molar-refractivity contribution in [1.29, 1.82) is 0 Å². The molecule has 1 aromatic carbocycles. The lowest BCUT2D eigenvalue weighted by molar-refractivity contribution is -0.148. The van der Waals surface area contributed by atoms with Crippen LogP contribution in [-0.4, -0.2) is 46.0 Å². The molecular weight excluding hydrogens is 288 g/mol. The second kappa shape index (κ2) is 5.26. The molecule has 112 valence electrons. The summed E-state index contributed by atoms with van der Waals surface area (Å²) >= 11 is 1.74. The predicted molar refractivity (Wildman–Crippen MR) is 81.0 cm³/mol. The highest BCUT2D eigenvalue weighted by Gasteiger charge is 2.56. The first-order valence-electron chi connectivity index (χ1n) is 6.92. The number of thioether (sulfide) groups is 1. The van der Waals surface area contributed by atoms with E-state index >= 15 is 0 Å². The van der Waals surface area contributed by atoms with Gasteiger partial charge in [-0.05, 0) is 26.0 Å². The van der Waals surface area contributed by atoms with E-state index in [0.717, 1.165) is 6.54 Å². The summed E-state index contributed by atoms with van der Waals surface area (Å²) in [6, 6.07) is 8.74. The van der Waals surface area contributed by atoms with Crippen molar-refractivity contribution in [2.45, 2.75) is 30.0 Å². The molecule has 0 aliphatic carbocycles. The third-order valence-electron chi connectivity index (χ3n) is 3.56. The number of nitrogens with one attached hydrogen (secondary N) is 1. The summed E-state index contributed by atoms with van der Waals surface area (Å²) in [7, 11) is 0. The Balaban J connectivity index is 1.51. The molecule has 2 aliphatic heterocycles. The van der Waals surface area contributed by atoms with Crippen LogP contribution in [0, 0.1) is 0 Å². The molecule has 2 saturated heterocycles. The summed E-state index contributed by atoms with van der Waals surface area (Å²) in [4.78, 5) is 25.7. The highest BCUT2D eigenvalue weighted by molar-refractivity contribution is 8.01. The quantitative estimate of drug-likeness (QED) is 0.851. The van der Waals surface area contributed by atoms with Crippen LogP contribution in [0.4, 0.5) is 0 Å². The van der Waals surface area contributed by atoms with Gasteiger partial charge in [0.1, 0.15) is 17.2 Å². The Morgan fingerprint density at radius 2 is 2.14 bits per heavy atom. The highest BCUT2D eigenvalue weighted by Crippen LogP contribution is 2.46. The lowest BCUT2D eigenvalue weighted by atomic mass is 10.1. The van der Waals surface area contributed by atoms with Crippen molar-refractivity contribution in [3.8, 4) is 5.75 Å². The molecule has 2 amide bonds. The lowest BCUT2D eigenvalue weighted by Crippen LogP contribution is -2.67. The second-order valence-electron chi connectivity index (χ2n) is 5.88. The zero-order valence-electron chi connectivity index (χ0n) is 12.0. The number of β-lactam (4-membered cyclic amide) rings is 1. The first-order chi connectivity index (χ1) is 9.96. The van der Waals surface area contributed by atoms with Crippen LogP contribution in [0.15, 0.2) is 30.3 Å². The first kappa shape index (κ1) is 14.3. The number of rotatable bonds is 4. The number of fused-ring (bicyclic) bond motifs is 1. The largest absolute Gasteiger partial charge is 0.484 e. The van der Waals surface area contributed by atoms with E-state index in [4.69, 9.17) is 4.74 Å². The van der Waals surface area contributed by atoms with Gasteiger partial charge in [0.05, 0.1) is 0 Å². The molecule has 1 aromatic rings. The van der Waals surface area contributed by atoms with Gasteiger partial charge in [-0.3, -0.25) is 9.59 Å². The maximum atomic E-state index is 12.0. The Hall–Kier alpha value is -1.69. The number of carbonyl (C=O) groups excluding carboxylic acids is 2. The van der Waals surface area contributed by atoms with Gasteiger partial charge in [0.15, 0.2) is 6.61 Å². The minimum Gasteiger partial charge on any atom is -0.484 e. The molecule has 2 atom stereocenters. The summed E-state index contributed by atoms with van der Waals surface area (Å²) < 4.78 is 5.44. The fourth-order valence-electron chi connectivity index (χ4n) is 2.61. The number of para-hydroxylation sites is 1. The van der Waals surface area contributed by atoms with Gasteiger partial charge < -0.3 is 15.0 Å². The Labute approximate surface area is 128 Å². The number of hydrogen-bond acceptors (Lipinski definition) is 4. The van der Waals surface area contributed by atoms with Crippen molar-refractivity contribution in [2.24, 2.45) is 0 Å². The molecule has 1 unspecified atom stereocenters. The van der Waals surface area contributed by atoms with E-state index in [2.05, 4.69) is 19.2 Å². The maximum Gasteiger partial charge on any atom is 0.258 e. The monoisotopic (exact) mass is 306 g/mol. The second-order valence-corrected chi connectivity index (χ2v) is 7.71. The normalized spacial score (nSPS) is 26.0. The SMILES string of the molecule is CC1(C)CN2C(=O)C(NC(=O)COc3ccccc3)[C@H]2S1. The number of carbonyl (C=O) groups is 2. The Morgan fingerprint density at radius 3 is 2.86 bits per heavy atom. The van der Waals surface area contributed by atoms with Gasteiger partial charge in [-0.2, -0.15) is 0 Å². The predicted octanol–water partition coefficient (Wildman–Crippen LogP) is 1.24. The molecule has 0 saturated carbocycles. The van der Waals surface area contributed by atoms with Crippen LogP contribution in [0.5, 0.6) is 5.75 Å². The molecule has 1 N–H and O–H groups in total. The standard InChI is InChI=1S/C15H18N2O3S/c1-15(2)9-17-13(19)12(14(17)21-15)16-11(18)8-20-10-6-4-3-5-7-10/h3-7,12,14H,8-9H2,1-2H3,(H,16,18)/t12?,14-/m1/s1. The van der Waals surface area contributed by atoms with E-state index < -0.39 is 6.04 Å². The Morgan fingerprint density at radius 1 is 1.43 bits per heavy atom. The van der Waals surface area contributed by atoms with Gasteiger partial charge in [0.25, 0.3) is 5.91 Å². The fourth-order valence-corrected chi connectivity index (χ4v) is 4.11. The minimum absolute atomic E-state index is 0.00568. The van der Waals surface area contributed by atoms with E-state index in [1.165, 1.54) is 0 Å². The molecule has 0 bridgehead atoms. The summed E-state index contributed by atoms with van der Waals surface area (Å²) in [5.41, 5.74) is 0. The van der Waals surface area contributed by atoms with Crippen LogP contribution in [0.25, 0.3) is 0 Å². The average Bonchev–Trinajstić information content (AvgIpc) is 2.76. The van der Waals surface area contributed by atoms with Crippen LogP contribution in [0.2, 0.25) is 0 Å². The van der Waals surface area contributed by atoms with Crippen LogP contribution in [-0.2, 0) is 9.59 Å². The van der Waals surface area contributed by atoms with Crippen LogP contribution < -0.4 is 10.1 Å². The fraction of sp³-hybridized carbons (Fsp3) is 0.467. The number of nitrogens with zero attached hydrogens (tertiary/aromatic N) is 1. The first-order valence-corrected chi connectivity index (χ1v) is 7.80. The molecule has 0 radical (unpaired) electrons. The van der Waals surface area contributed by atoms with Gasteiger partial charge in [-0.15, -0.1) is 11.8 Å². The smallest absolute Gasteiger partial charge is 0.258 e. The Bertz CT molecular complexity index is 561. The topological polar surface area (TPSA) is 58.6 Å². The van der Waals surface area contributed by atoms with Crippen molar-refractivity contribution in [3.63, 3.8) is 0 Å².